The molecule has 4 aromatic rings. The maximum absolute atomic E-state index is 12.7. The van der Waals surface area contributed by atoms with E-state index in [0.717, 1.165) is 47.6 Å². The van der Waals surface area contributed by atoms with Crippen molar-refractivity contribution >= 4 is 45.7 Å². The van der Waals surface area contributed by atoms with Gasteiger partial charge in [-0.25, -0.2) is 9.78 Å². The number of rotatable bonds is 9. The molecule has 2 amide bonds. The highest BCUT2D eigenvalue weighted by Crippen LogP contribution is 2.24. The standard InChI is InChI=1S/C27H30N6O2/c1-3-32(4-2)16-14-26(34)31-25-19-23(12-15-28-25)29-22-10-11-24-20(18-22)13-17-33(24)27(35)30-21-8-6-5-7-9-21/h5-13,15,17-19H,3-4,14,16H2,1-2H3,(H,30,35)(H2,28,29,31,34). The zero-order chi connectivity index (χ0) is 24.6. The maximum Gasteiger partial charge on any atom is 0.330 e. The third-order valence-corrected chi connectivity index (χ3v) is 5.80. The summed E-state index contributed by atoms with van der Waals surface area (Å²) < 4.78 is 1.59. The molecule has 0 unspecified atom stereocenters. The molecule has 180 valence electrons. The summed E-state index contributed by atoms with van der Waals surface area (Å²) in [6.07, 6.45) is 3.84. The second kappa shape index (κ2) is 11.3. The van der Waals surface area contributed by atoms with Crippen molar-refractivity contribution in [2.75, 3.05) is 35.6 Å². The van der Waals surface area contributed by atoms with Crippen molar-refractivity contribution in [1.29, 1.82) is 0 Å². The number of aromatic nitrogens is 2. The van der Waals surface area contributed by atoms with Crippen molar-refractivity contribution in [3.05, 3.63) is 79.1 Å². The molecule has 2 aromatic heterocycles. The number of carbonyl (C=O) groups is 2. The van der Waals surface area contributed by atoms with E-state index in [4.69, 9.17) is 0 Å². The van der Waals surface area contributed by atoms with Crippen molar-refractivity contribution in [2.24, 2.45) is 0 Å². The maximum atomic E-state index is 12.7. The summed E-state index contributed by atoms with van der Waals surface area (Å²) in [5.41, 5.74) is 3.22. The topological polar surface area (TPSA) is 91.3 Å². The van der Waals surface area contributed by atoms with Gasteiger partial charge in [-0.3, -0.25) is 9.36 Å². The van der Waals surface area contributed by atoms with Gasteiger partial charge in [0.15, 0.2) is 0 Å². The molecule has 0 fully saturated rings. The van der Waals surface area contributed by atoms with Gasteiger partial charge < -0.3 is 20.9 Å². The van der Waals surface area contributed by atoms with Crippen LogP contribution in [0.5, 0.6) is 0 Å². The van der Waals surface area contributed by atoms with Crippen LogP contribution in [-0.4, -0.2) is 46.0 Å². The van der Waals surface area contributed by atoms with E-state index in [2.05, 4.69) is 39.7 Å². The van der Waals surface area contributed by atoms with Crippen LogP contribution in [0.25, 0.3) is 10.9 Å². The smallest absolute Gasteiger partial charge is 0.330 e. The summed E-state index contributed by atoms with van der Waals surface area (Å²) in [5, 5.41) is 10.0. The summed E-state index contributed by atoms with van der Waals surface area (Å²) in [6.45, 7) is 6.74. The highest BCUT2D eigenvalue weighted by atomic mass is 16.2. The Balaban J connectivity index is 1.41. The highest BCUT2D eigenvalue weighted by molar-refractivity contribution is 5.99. The molecule has 0 saturated heterocycles. The number of hydrogen-bond acceptors (Lipinski definition) is 5. The van der Waals surface area contributed by atoms with Gasteiger partial charge in [0.1, 0.15) is 5.82 Å². The Morgan fingerprint density at radius 2 is 1.66 bits per heavy atom. The average Bonchev–Trinajstić information content (AvgIpc) is 3.29. The van der Waals surface area contributed by atoms with Crippen LogP contribution in [0.4, 0.5) is 27.7 Å². The highest BCUT2D eigenvalue weighted by Gasteiger charge is 2.11. The fourth-order valence-electron chi connectivity index (χ4n) is 3.85. The Morgan fingerprint density at radius 3 is 2.43 bits per heavy atom. The number of pyridine rings is 1. The lowest BCUT2D eigenvalue weighted by atomic mass is 10.2. The van der Waals surface area contributed by atoms with Crippen LogP contribution in [0.2, 0.25) is 0 Å². The molecule has 0 aliphatic rings. The quantitative estimate of drug-likeness (QED) is 0.299. The molecule has 0 bridgehead atoms. The molecular weight excluding hydrogens is 440 g/mol. The molecule has 0 saturated carbocycles. The van der Waals surface area contributed by atoms with Crippen LogP contribution in [0.1, 0.15) is 20.3 Å². The molecule has 2 heterocycles. The third-order valence-electron chi connectivity index (χ3n) is 5.80. The third kappa shape index (κ3) is 6.24. The van der Waals surface area contributed by atoms with Crippen molar-refractivity contribution in [1.82, 2.24) is 14.5 Å². The molecule has 4 rings (SSSR count). The minimum atomic E-state index is -0.220. The lowest BCUT2D eigenvalue weighted by molar-refractivity contribution is -0.116. The summed E-state index contributed by atoms with van der Waals surface area (Å²) in [4.78, 5) is 31.5. The monoisotopic (exact) mass is 470 g/mol. The first-order chi connectivity index (χ1) is 17.1. The van der Waals surface area contributed by atoms with E-state index in [1.807, 2.05) is 60.7 Å². The molecule has 8 nitrogen and oxygen atoms in total. The number of nitrogens with zero attached hydrogens (tertiary/aromatic N) is 3. The number of para-hydroxylation sites is 1. The van der Waals surface area contributed by atoms with Crippen LogP contribution < -0.4 is 16.0 Å². The predicted octanol–water partition coefficient (Wildman–Crippen LogP) is 5.53. The van der Waals surface area contributed by atoms with Gasteiger partial charge in [-0.2, -0.15) is 0 Å². The normalized spacial score (nSPS) is 10.9. The van der Waals surface area contributed by atoms with Crippen molar-refractivity contribution < 1.29 is 9.59 Å². The van der Waals surface area contributed by atoms with Gasteiger partial charge in [-0.05, 0) is 55.6 Å². The van der Waals surface area contributed by atoms with Gasteiger partial charge in [-0.1, -0.05) is 32.0 Å². The van der Waals surface area contributed by atoms with E-state index in [1.165, 1.54) is 0 Å². The van der Waals surface area contributed by atoms with E-state index in [9.17, 15) is 9.59 Å². The number of nitrogens with one attached hydrogen (secondary N) is 3. The van der Waals surface area contributed by atoms with E-state index >= 15 is 0 Å². The Kier molecular flexibility index (Phi) is 7.74. The minimum absolute atomic E-state index is 0.0573. The van der Waals surface area contributed by atoms with Crippen molar-refractivity contribution in [3.63, 3.8) is 0 Å². The molecule has 3 N–H and O–H groups in total. The molecule has 35 heavy (non-hydrogen) atoms. The second-order valence-corrected chi connectivity index (χ2v) is 8.14. The van der Waals surface area contributed by atoms with Gasteiger partial charge in [0.25, 0.3) is 0 Å². The van der Waals surface area contributed by atoms with Gasteiger partial charge in [-0.15, -0.1) is 0 Å². The summed E-state index contributed by atoms with van der Waals surface area (Å²) in [5.74, 6) is 0.447. The number of hydrogen-bond donors (Lipinski definition) is 3. The first kappa shape index (κ1) is 24.0. The molecule has 0 atom stereocenters. The molecule has 0 radical (unpaired) electrons. The lowest BCUT2D eigenvalue weighted by Crippen LogP contribution is -2.27. The number of carbonyl (C=O) groups excluding carboxylic acids is 2. The van der Waals surface area contributed by atoms with Crippen LogP contribution >= 0.6 is 0 Å². The molecule has 0 aliphatic heterocycles. The number of fused-ring (bicyclic) bond motifs is 1. The zero-order valence-corrected chi connectivity index (χ0v) is 20.0. The average molecular weight is 471 g/mol. The second-order valence-electron chi connectivity index (χ2n) is 8.14. The Labute approximate surface area is 205 Å². The SMILES string of the molecule is CCN(CC)CCC(=O)Nc1cc(Nc2ccc3c(ccn3C(=O)Nc3ccccc3)c2)ccn1. The van der Waals surface area contributed by atoms with Gasteiger partial charge in [0.05, 0.1) is 5.52 Å². The fourth-order valence-corrected chi connectivity index (χ4v) is 3.85. The molecule has 8 heteroatoms. The first-order valence-electron chi connectivity index (χ1n) is 11.8. The van der Waals surface area contributed by atoms with Gasteiger partial charge in [0, 0.05) is 53.9 Å². The van der Waals surface area contributed by atoms with Crippen molar-refractivity contribution in [2.45, 2.75) is 20.3 Å². The van der Waals surface area contributed by atoms with E-state index < -0.39 is 0 Å². The molecule has 0 aliphatic carbocycles. The summed E-state index contributed by atoms with van der Waals surface area (Å²) in [6, 6.07) is 20.5. The Morgan fingerprint density at radius 1 is 0.886 bits per heavy atom. The minimum Gasteiger partial charge on any atom is -0.355 e. The van der Waals surface area contributed by atoms with Crippen LogP contribution in [-0.2, 0) is 4.79 Å². The van der Waals surface area contributed by atoms with Gasteiger partial charge >= 0.3 is 6.03 Å². The molecular formula is C27H30N6O2. The van der Waals surface area contributed by atoms with E-state index in [0.29, 0.717) is 12.2 Å². The lowest BCUT2D eigenvalue weighted by Gasteiger charge is -2.17. The van der Waals surface area contributed by atoms with E-state index in [1.54, 1.807) is 23.0 Å². The first-order valence-corrected chi connectivity index (χ1v) is 11.8. The van der Waals surface area contributed by atoms with Crippen LogP contribution in [0.3, 0.4) is 0 Å². The van der Waals surface area contributed by atoms with Crippen molar-refractivity contribution in [3.8, 4) is 0 Å². The van der Waals surface area contributed by atoms with Crippen LogP contribution in [0, 0.1) is 0 Å². The fraction of sp³-hybridized carbons (Fsp3) is 0.222. The summed E-state index contributed by atoms with van der Waals surface area (Å²) >= 11 is 0. The molecule has 2 aromatic carbocycles. The predicted molar refractivity (Wildman–Crippen MR) is 141 cm³/mol. The zero-order valence-electron chi connectivity index (χ0n) is 20.0. The summed E-state index contributed by atoms with van der Waals surface area (Å²) in [7, 11) is 0. The largest absolute Gasteiger partial charge is 0.355 e. The number of benzene rings is 2. The Hall–Kier alpha value is -4.17. The Bertz CT molecular complexity index is 1300. The van der Waals surface area contributed by atoms with Gasteiger partial charge in [0.2, 0.25) is 5.91 Å². The molecule has 0 spiro atoms. The van der Waals surface area contributed by atoms with Crippen LogP contribution in [0.15, 0.2) is 79.1 Å². The number of amides is 2. The number of anilines is 4. The van der Waals surface area contributed by atoms with E-state index in [-0.39, 0.29) is 11.9 Å².